The van der Waals surface area contributed by atoms with Crippen LogP contribution in [0.1, 0.15) is 25.5 Å². The van der Waals surface area contributed by atoms with E-state index in [1.54, 1.807) is 0 Å². The van der Waals surface area contributed by atoms with Crippen molar-refractivity contribution in [1.29, 1.82) is 0 Å². The lowest BCUT2D eigenvalue weighted by Gasteiger charge is -2.15. The minimum Gasteiger partial charge on any atom is -0.329 e. The van der Waals surface area contributed by atoms with E-state index in [9.17, 15) is 0 Å². The molecule has 126 valence electrons. The molecule has 1 heterocycles. The lowest BCUT2D eigenvalue weighted by molar-refractivity contribution is 0.336. The van der Waals surface area contributed by atoms with Crippen molar-refractivity contribution in [3.05, 3.63) is 54.4 Å². The highest BCUT2D eigenvalue weighted by Gasteiger charge is 2.07. The summed E-state index contributed by atoms with van der Waals surface area (Å²) in [5.41, 5.74) is 11.6. The van der Waals surface area contributed by atoms with Gasteiger partial charge in [-0.1, -0.05) is 30.3 Å². The highest BCUT2D eigenvalue weighted by atomic mass is 15.1. The molecule has 0 aliphatic heterocycles. The van der Waals surface area contributed by atoms with Crippen molar-refractivity contribution in [1.82, 2.24) is 14.5 Å². The van der Waals surface area contributed by atoms with E-state index in [0.29, 0.717) is 12.6 Å². The first-order valence-electron chi connectivity index (χ1n) is 8.53. The second-order valence-electron chi connectivity index (χ2n) is 6.67. The van der Waals surface area contributed by atoms with E-state index in [1.165, 1.54) is 22.2 Å². The Morgan fingerprint density at radius 1 is 1.08 bits per heavy atom. The molecule has 0 aliphatic rings. The van der Waals surface area contributed by atoms with Crippen molar-refractivity contribution < 1.29 is 0 Å². The van der Waals surface area contributed by atoms with Crippen LogP contribution in [0.4, 0.5) is 0 Å². The second-order valence-corrected chi connectivity index (χ2v) is 6.67. The zero-order valence-electron chi connectivity index (χ0n) is 14.7. The molecule has 2 aromatic carbocycles. The van der Waals surface area contributed by atoms with Gasteiger partial charge in [-0.25, -0.2) is 4.98 Å². The summed E-state index contributed by atoms with van der Waals surface area (Å²) < 4.78 is 2.20. The van der Waals surface area contributed by atoms with E-state index >= 15 is 0 Å². The van der Waals surface area contributed by atoms with Gasteiger partial charge in [0.25, 0.3) is 0 Å². The van der Waals surface area contributed by atoms with Crippen LogP contribution >= 0.6 is 0 Å². The van der Waals surface area contributed by atoms with Crippen molar-refractivity contribution in [2.75, 3.05) is 20.1 Å². The molecule has 0 unspecified atom stereocenters. The van der Waals surface area contributed by atoms with Crippen molar-refractivity contribution in [3.8, 4) is 11.1 Å². The smallest absolute Gasteiger partial charge is 0.0960 e. The number of hydrogen-bond acceptors (Lipinski definition) is 3. The van der Waals surface area contributed by atoms with Crippen LogP contribution in [-0.2, 0) is 6.54 Å². The van der Waals surface area contributed by atoms with Gasteiger partial charge in [0.05, 0.1) is 17.4 Å². The lowest BCUT2D eigenvalue weighted by Crippen LogP contribution is -2.24. The first-order chi connectivity index (χ1) is 11.6. The van der Waals surface area contributed by atoms with Gasteiger partial charge in [-0.15, -0.1) is 0 Å². The summed E-state index contributed by atoms with van der Waals surface area (Å²) in [5, 5.41) is 0. The average Bonchev–Trinajstić information content (AvgIpc) is 2.99. The third-order valence-corrected chi connectivity index (χ3v) is 4.38. The number of fused-ring (bicyclic) bond motifs is 1. The largest absolute Gasteiger partial charge is 0.329 e. The van der Waals surface area contributed by atoms with Crippen LogP contribution in [0.25, 0.3) is 22.2 Å². The van der Waals surface area contributed by atoms with E-state index < -0.39 is 0 Å². The zero-order chi connectivity index (χ0) is 17.1. The SMILES string of the molecule is CC(C)n1cnc2cc(-c3ccc(CN(C)CCN)cc3)ccc21. The number of benzene rings is 2. The molecule has 2 N–H and O–H groups in total. The topological polar surface area (TPSA) is 47.1 Å². The summed E-state index contributed by atoms with van der Waals surface area (Å²) in [6.45, 7) is 6.88. The molecule has 0 fully saturated rings. The summed E-state index contributed by atoms with van der Waals surface area (Å²) in [6.07, 6.45) is 1.93. The molecule has 0 saturated heterocycles. The number of rotatable bonds is 6. The molecule has 4 heteroatoms. The predicted octanol–water partition coefficient (Wildman–Crippen LogP) is 3.67. The fourth-order valence-corrected chi connectivity index (χ4v) is 3.04. The van der Waals surface area contributed by atoms with Crippen molar-refractivity contribution in [2.24, 2.45) is 5.73 Å². The van der Waals surface area contributed by atoms with Gasteiger partial charge < -0.3 is 15.2 Å². The van der Waals surface area contributed by atoms with Gasteiger partial charge in [-0.3, -0.25) is 0 Å². The molecule has 24 heavy (non-hydrogen) atoms. The first-order valence-corrected chi connectivity index (χ1v) is 8.53. The highest BCUT2D eigenvalue weighted by Crippen LogP contribution is 2.25. The van der Waals surface area contributed by atoms with Crippen LogP contribution in [-0.4, -0.2) is 34.6 Å². The van der Waals surface area contributed by atoms with Crippen LogP contribution < -0.4 is 5.73 Å². The normalized spacial score (nSPS) is 11.8. The Morgan fingerprint density at radius 3 is 2.46 bits per heavy atom. The van der Waals surface area contributed by atoms with Crippen LogP contribution in [0.15, 0.2) is 48.8 Å². The molecule has 4 nitrogen and oxygen atoms in total. The summed E-state index contributed by atoms with van der Waals surface area (Å²) in [5.74, 6) is 0. The van der Waals surface area contributed by atoms with Gasteiger partial charge >= 0.3 is 0 Å². The van der Waals surface area contributed by atoms with E-state index in [0.717, 1.165) is 18.6 Å². The van der Waals surface area contributed by atoms with E-state index in [2.05, 4.69) is 77.8 Å². The summed E-state index contributed by atoms with van der Waals surface area (Å²) in [7, 11) is 2.10. The molecule has 3 aromatic rings. The van der Waals surface area contributed by atoms with Crippen LogP contribution in [0.2, 0.25) is 0 Å². The van der Waals surface area contributed by atoms with Gasteiger partial charge in [0.2, 0.25) is 0 Å². The maximum atomic E-state index is 5.60. The monoisotopic (exact) mass is 322 g/mol. The molecule has 0 saturated carbocycles. The molecule has 0 amide bonds. The molecule has 3 rings (SSSR count). The van der Waals surface area contributed by atoms with Crippen molar-refractivity contribution >= 4 is 11.0 Å². The van der Waals surface area contributed by atoms with Gasteiger partial charge in [0.15, 0.2) is 0 Å². The number of nitrogens with zero attached hydrogens (tertiary/aromatic N) is 3. The lowest BCUT2D eigenvalue weighted by atomic mass is 10.0. The third kappa shape index (κ3) is 3.50. The molecular formula is C20H26N4. The van der Waals surface area contributed by atoms with Crippen molar-refractivity contribution in [3.63, 3.8) is 0 Å². The first kappa shape index (κ1) is 16.7. The van der Waals surface area contributed by atoms with Gasteiger partial charge in [0, 0.05) is 25.7 Å². The molecule has 0 aliphatic carbocycles. The van der Waals surface area contributed by atoms with E-state index in [-0.39, 0.29) is 0 Å². The minimum atomic E-state index is 0.422. The van der Waals surface area contributed by atoms with E-state index in [4.69, 9.17) is 5.73 Å². The number of imidazole rings is 1. The van der Waals surface area contributed by atoms with Gasteiger partial charge in [-0.2, -0.15) is 0 Å². The van der Waals surface area contributed by atoms with E-state index in [1.807, 2.05) is 6.33 Å². The number of hydrogen-bond donors (Lipinski definition) is 1. The Kier molecular flexibility index (Phi) is 4.97. The Hall–Kier alpha value is -2.17. The van der Waals surface area contributed by atoms with Crippen molar-refractivity contribution in [2.45, 2.75) is 26.4 Å². The Bertz CT molecular complexity index is 802. The fraction of sp³-hybridized carbons (Fsp3) is 0.350. The summed E-state index contributed by atoms with van der Waals surface area (Å²) >= 11 is 0. The molecular weight excluding hydrogens is 296 g/mol. The number of nitrogens with two attached hydrogens (primary N) is 1. The summed E-state index contributed by atoms with van der Waals surface area (Å²) in [4.78, 5) is 6.78. The maximum Gasteiger partial charge on any atom is 0.0960 e. The third-order valence-electron chi connectivity index (χ3n) is 4.38. The molecule has 0 bridgehead atoms. The molecule has 0 spiro atoms. The van der Waals surface area contributed by atoms with Crippen LogP contribution in [0.5, 0.6) is 0 Å². The minimum absolute atomic E-state index is 0.422. The molecule has 0 radical (unpaired) electrons. The highest BCUT2D eigenvalue weighted by molar-refractivity contribution is 5.82. The Morgan fingerprint density at radius 2 is 1.79 bits per heavy atom. The van der Waals surface area contributed by atoms with Crippen LogP contribution in [0, 0.1) is 0 Å². The number of likely N-dealkylation sites (N-methyl/N-ethyl adjacent to an activating group) is 1. The van der Waals surface area contributed by atoms with Crippen LogP contribution in [0.3, 0.4) is 0 Å². The second kappa shape index (κ2) is 7.16. The zero-order valence-corrected chi connectivity index (χ0v) is 14.7. The van der Waals surface area contributed by atoms with Gasteiger partial charge in [0.1, 0.15) is 0 Å². The molecule has 0 atom stereocenters. The Balaban J connectivity index is 1.82. The fourth-order valence-electron chi connectivity index (χ4n) is 3.04. The summed E-state index contributed by atoms with van der Waals surface area (Å²) in [6, 6.07) is 15.7. The van der Waals surface area contributed by atoms with Gasteiger partial charge in [-0.05, 0) is 49.7 Å². The quantitative estimate of drug-likeness (QED) is 0.753. The number of aromatic nitrogens is 2. The Labute approximate surface area is 143 Å². The average molecular weight is 322 g/mol. The standard InChI is InChI=1S/C20H26N4/c1-15(2)24-14-22-19-12-18(8-9-20(19)24)17-6-4-16(5-7-17)13-23(3)11-10-21/h4-9,12,14-15H,10-11,13,21H2,1-3H3. The predicted molar refractivity (Wildman–Crippen MR) is 101 cm³/mol. The maximum absolute atomic E-state index is 5.60. The molecule has 1 aromatic heterocycles.